The van der Waals surface area contributed by atoms with Crippen LogP contribution in [0.25, 0.3) is 0 Å². The van der Waals surface area contributed by atoms with E-state index in [0.717, 1.165) is 12.5 Å². The van der Waals surface area contributed by atoms with E-state index < -0.39 is 5.97 Å². The third kappa shape index (κ3) is 2.93. The summed E-state index contributed by atoms with van der Waals surface area (Å²) in [4.78, 5) is 14.6. The molecule has 18 heavy (non-hydrogen) atoms. The lowest BCUT2D eigenvalue weighted by Gasteiger charge is -2.30. The van der Waals surface area contributed by atoms with E-state index in [4.69, 9.17) is 5.11 Å². The van der Waals surface area contributed by atoms with Gasteiger partial charge in [0, 0.05) is 17.5 Å². The molecule has 1 aromatic rings. The maximum absolute atomic E-state index is 11.1. The van der Waals surface area contributed by atoms with Crippen molar-refractivity contribution in [3.05, 3.63) is 22.4 Å². The molecular weight excluding hydrogens is 246 g/mol. The smallest absolute Gasteiger partial charge is 0.317 e. The summed E-state index contributed by atoms with van der Waals surface area (Å²) >= 11 is 1.77. The summed E-state index contributed by atoms with van der Waals surface area (Å²) in [5, 5.41) is 11.2. The first-order valence-corrected chi connectivity index (χ1v) is 7.61. The molecule has 2 aliphatic rings. The normalized spacial score (nSPS) is 21.2. The minimum Gasteiger partial charge on any atom is -0.480 e. The van der Waals surface area contributed by atoms with Gasteiger partial charge in [-0.2, -0.15) is 0 Å². The Morgan fingerprint density at radius 3 is 2.72 bits per heavy atom. The highest BCUT2D eigenvalue weighted by Crippen LogP contribution is 2.47. The van der Waals surface area contributed by atoms with Crippen LogP contribution in [0, 0.1) is 11.8 Å². The molecule has 0 saturated heterocycles. The Kier molecular flexibility index (Phi) is 3.39. The zero-order valence-corrected chi connectivity index (χ0v) is 11.2. The van der Waals surface area contributed by atoms with Gasteiger partial charge in [0.15, 0.2) is 0 Å². The number of aliphatic carboxylic acids is 1. The Bertz CT molecular complexity index is 409. The minimum atomic E-state index is -0.696. The van der Waals surface area contributed by atoms with Crippen molar-refractivity contribution >= 4 is 17.3 Å². The molecule has 0 radical (unpaired) electrons. The number of nitrogens with zero attached hydrogens (tertiary/aromatic N) is 1. The summed E-state index contributed by atoms with van der Waals surface area (Å²) < 4.78 is 0. The molecule has 0 aromatic carbocycles. The molecule has 0 aliphatic heterocycles. The fraction of sp³-hybridized carbons (Fsp3) is 0.643. The second kappa shape index (κ2) is 5.02. The van der Waals surface area contributed by atoms with Crippen LogP contribution in [0.15, 0.2) is 17.5 Å². The van der Waals surface area contributed by atoms with Crippen LogP contribution in [0.2, 0.25) is 0 Å². The summed E-state index contributed by atoms with van der Waals surface area (Å²) in [5.74, 6) is 0.727. The summed E-state index contributed by atoms with van der Waals surface area (Å²) in [5.41, 5.74) is 0. The van der Waals surface area contributed by atoms with Gasteiger partial charge in [-0.05, 0) is 49.0 Å². The molecule has 3 rings (SSSR count). The average Bonchev–Trinajstić information content (AvgIpc) is 3.21. The number of carboxylic acids is 1. The van der Waals surface area contributed by atoms with E-state index in [2.05, 4.69) is 22.4 Å². The maximum Gasteiger partial charge on any atom is 0.317 e. The predicted octanol–water partition coefficient (Wildman–Crippen LogP) is 3.00. The van der Waals surface area contributed by atoms with Crippen molar-refractivity contribution in [3.8, 4) is 0 Å². The van der Waals surface area contributed by atoms with Crippen LogP contribution >= 0.6 is 11.3 Å². The number of hydrogen-bond donors (Lipinski definition) is 1. The van der Waals surface area contributed by atoms with Gasteiger partial charge in [0.05, 0.1) is 6.54 Å². The Labute approximate surface area is 111 Å². The molecule has 0 bridgehead atoms. The highest BCUT2D eigenvalue weighted by Gasteiger charge is 2.39. The van der Waals surface area contributed by atoms with Crippen molar-refractivity contribution in [2.75, 3.05) is 13.1 Å². The van der Waals surface area contributed by atoms with Crippen LogP contribution < -0.4 is 0 Å². The van der Waals surface area contributed by atoms with Crippen molar-refractivity contribution in [1.82, 2.24) is 4.90 Å². The molecule has 4 heteroatoms. The average molecular weight is 265 g/mol. The van der Waals surface area contributed by atoms with Crippen molar-refractivity contribution in [3.63, 3.8) is 0 Å². The van der Waals surface area contributed by atoms with E-state index in [9.17, 15) is 4.79 Å². The summed E-state index contributed by atoms with van der Waals surface area (Å²) in [6, 6.07) is 4.59. The van der Waals surface area contributed by atoms with Gasteiger partial charge in [-0.3, -0.25) is 9.69 Å². The monoisotopic (exact) mass is 265 g/mol. The fourth-order valence-electron chi connectivity index (χ4n) is 2.66. The molecule has 2 saturated carbocycles. The van der Waals surface area contributed by atoms with Crippen molar-refractivity contribution in [2.45, 2.75) is 31.7 Å². The Morgan fingerprint density at radius 2 is 2.22 bits per heavy atom. The molecule has 1 unspecified atom stereocenters. The predicted molar refractivity (Wildman–Crippen MR) is 71.7 cm³/mol. The highest BCUT2D eigenvalue weighted by molar-refractivity contribution is 7.10. The Morgan fingerprint density at radius 1 is 1.44 bits per heavy atom. The van der Waals surface area contributed by atoms with Crippen molar-refractivity contribution in [1.29, 1.82) is 0 Å². The zero-order chi connectivity index (χ0) is 12.5. The molecule has 1 aromatic heterocycles. The van der Waals surface area contributed by atoms with Crippen LogP contribution in [-0.4, -0.2) is 29.1 Å². The molecule has 2 fully saturated rings. The van der Waals surface area contributed by atoms with E-state index in [1.54, 1.807) is 11.3 Å². The van der Waals surface area contributed by atoms with Gasteiger partial charge in [0.2, 0.25) is 0 Å². The number of carbonyl (C=O) groups is 1. The van der Waals surface area contributed by atoms with Gasteiger partial charge in [-0.25, -0.2) is 0 Å². The van der Waals surface area contributed by atoms with Crippen molar-refractivity contribution in [2.24, 2.45) is 11.8 Å². The van der Waals surface area contributed by atoms with E-state index in [-0.39, 0.29) is 6.54 Å². The third-order valence-electron chi connectivity index (χ3n) is 3.82. The molecule has 1 N–H and O–H groups in total. The van der Waals surface area contributed by atoms with E-state index >= 15 is 0 Å². The fourth-order valence-corrected chi connectivity index (χ4v) is 3.62. The summed E-state index contributed by atoms with van der Waals surface area (Å²) in [6.45, 7) is 1.15. The molecule has 2 aliphatic carbocycles. The van der Waals surface area contributed by atoms with Crippen molar-refractivity contribution < 1.29 is 9.90 Å². The Balaban J connectivity index is 1.77. The van der Waals surface area contributed by atoms with Gasteiger partial charge >= 0.3 is 5.97 Å². The topological polar surface area (TPSA) is 40.5 Å². The van der Waals surface area contributed by atoms with Crippen LogP contribution in [0.1, 0.15) is 36.6 Å². The number of rotatable bonds is 7. The first kappa shape index (κ1) is 12.2. The molecule has 1 atom stereocenters. The van der Waals surface area contributed by atoms with Crippen LogP contribution in [-0.2, 0) is 4.79 Å². The number of thiophene rings is 1. The second-order valence-electron chi connectivity index (χ2n) is 5.56. The van der Waals surface area contributed by atoms with Crippen LogP contribution in [0.5, 0.6) is 0 Å². The van der Waals surface area contributed by atoms with E-state index in [1.165, 1.54) is 30.6 Å². The van der Waals surface area contributed by atoms with Gasteiger partial charge < -0.3 is 5.11 Å². The second-order valence-corrected chi connectivity index (χ2v) is 6.54. The van der Waals surface area contributed by atoms with Gasteiger partial charge in [0.1, 0.15) is 0 Å². The lowest BCUT2D eigenvalue weighted by atomic mass is 10.1. The summed E-state index contributed by atoms with van der Waals surface area (Å²) in [6.07, 6.45) is 5.06. The lowest BCUT2D eigenvalue weighted by molar-refractivity contribution is -0.139. The standard InChI is InChI=1S/C14H19NO2S/c16-13(17)9-15(8-10-3-4-10)14(11-5-6-11)12-2-1-7-18-12/h1-2,7,10-11,14H,3-6,8-9H2,(H,16,17). The molecule has 98 valence electrons. The lowest BCUT2D eigenvalue weighted by Crippen LogP contribution is -2.36. The molecular formula is C14H19NO2S. The minimum absolute atomic E-state index is 0.190. The van der Waals surface area contributed by atoms with Gasteiger partial charge in [-0.1, -0.05) is 6.07 Å². The number of hydrogen-bond acceptors (Lipinski definition) is 3. The van der Waals surface area contributed by atoms with E-state index in [1.807, 2.05) is 0 Å². The summed E-state index contributed by atoms with van der Waals surface area (Å²) in [7, 11) is 0. The van der Waals surface area contributed by atoms with Crippen LogP contribution in [0.4, 0.5) is 0 Å². The highest BCUT2D eigenvalue weighted by atomic mass is 32.1. The van der Waals surface area contributed by atoms with Gasteiger partial charge in [-0.15, -0.1) is 11.3 Å². The largest absolute Gasteiger partial charge is 0.480 e. The molecule has 0 amide bonds. The van der Waals surface area contributed by atoms with Gasteiger partial charge in [0.25, 0.3) is 0 Å². The SMILES string of the molecule is O=C(O)CN(CC1CC1)C(c1cccs1)C1CC1. The maximum atomic E-state index is 11.1. The quantitative estimate of drug-likeness (QED) is 0.824. The van der Waals surface area contributed by atoms with Crippen LogP contribution in [0.3, 0.4) is 0 Å². The molecule has 0 spiro atoms. The number of carboxylic acid groups (broad SMARTS) is 1. The molecule has 3 nitrogen and oxygen atoms in total. The zero-order valence-electron chi connectivity index (χ0n) is 10.4. The van der Waals surface area contributed by atoms with E-state index in [0.29, 0.717) is 12.0 Å². The first-order valence-electron chi connectivity index (χ1n) is 6.73. The third-order valence-corrected chi connectivity index (χ3v) is 4.77. The first-order chi connectivity index (χ1) is 8.74. The molecule has 1 heterocycles. The Hall–Kier alpha value is -0.870.